The van der Waals surface area contributed by atoms with E-state index < -0.39 is 12.1 Å². The summed E-state index contributed by atoms with van der Waals surface area (Å²) in [5.74, 6) is -0.171. The van der Waals surface area contributed by atoms with Crippen LogP contribution in [0.4, 0.5) is 4.79 Å². The predicted octanol–water partition coefficient (Wildman–Crippen LogP) is 0.606. The summed E-state index contributed by atoms with van der Waals surface area (Å²) in [4.78, 5) is 32.8. The second-order valence-electron chi connectivity index (χ2n) is 3.78. The highest BCUT2D eigenvalue weighted by Gasteiger charge is 2.16. The average molecular weight is 244 g/mol. The monoisotopic (exact) mass is 244 g/mol. The second kappa shape index (κ2) is 8.55. The molecule has 1 atom stereocenters. The van der Waals surface area contributed by atoms with E-state index in [0.29, 0.717) is 13.0 Å². The SMILES string of the molecule is COC(=O)NC(CCCCNC(C)=O)C(C)=O. The van der Waals surface area contributed by atoms with Crippen LogP contribution in [0.25, 0.3) is 0 Å². The lowest BCUT2D eigenvalue weighted by Crippen LogP contribution is -2.39. The Morgan fingerprint density at radius 3 is 2.29 bits per heavy atom. The molecule has 6 nitrogen and oxygen atoms in total. The molecule has 0 aliphatic heterocycles. The molecule has 0 saturated carbocycles. The molecular formula is C11H20N2O4. The molecule has 0 bridgehead atoms. The number of amides is 2. The molecule has 0 aromatic carbocycles. The lowest BCUT2D eigenvalue weighted by Gasteiger charge is -2.14. The molecule has 17 heavy (non-hydrogen) atoms. The van der Waals surface area contributed by atoms with E-state index in [1.165, 1.54) is 21.0 Å². The van der Waals surface area contributed by atoms with Crippen molar-refractivity contribution in [1.29, 1.82) is 0 Å². The maximum absolute atomic E-state index is 11.2. The minimum absolute atomic E-state index is 0.0687. The number of hydrogen-bond acceptors (Lipinski definition) is 4. The smallest absolute Gasteiger partial charge is 0.407 e. The van der Waals surface area contributed by atoms with Crippen LogP contribution in [-0.4, -0.2) is 37.5 Å². The average Bonchev–Trinajstić information content (AvgIpc) is 2.26. The van der Waals surface area contributed by atoms with Crippen molar-refractivity contribution in [2.24, 2.45) is 0 Å². The first-order valence-corrected chi connectivity index (χ1v) is 5.56. The normalized spacial score (nSPS) is 11.5. The van der Waals surface area contributed by atoms with Crippen LogP contribution < -0.4 is 10.6 Å². The van der Waals surface area contributed by atoms with Gasteiger partial charge in [-0.05, 0) is 26.2 Å². The van der Waals surface area contributed by atoms with Gasteiger partial charge in [-0.2, -0.15) is 0 Å². The molecule has 0 heterocycles. The summed E-state index contributed by atoms with van der Waals surface area (Å²) in [7, 11) is 1.25. The Balaban J connectivity index is 3.82. The van der Waals surface area contributed by atoms with E-state index in [0.717, 1.165) is 12.8 Å². The second-order valence-corrected chi connectivity index (χ2v) is 3.78. The van der Waals surface area contributed by atoms with Crippen molar-refractivity contribution in [3.63, 3.8) is 0 Å². The van der Waals surface area contributed by atoms with Gasteiger partial charge in [-0.15, -0.1) is 0 Å². The summed E-state index contributed by atoms with van der Waals surface area (Å²) >= 11 is 0. The highest BCUT2D eigenvalue weighted by Crippen LogP contribution is 2.02. The van der Waals surface area contributed by atoms with Crippen molar-refractivity contribution >= 4 is 17.8 Å². The zero-order chi connectivity index (χ0) is 13.3. The fourth-order valence-corrected chi connectivity index (χ4v) is 1.32. The van der Waals surface area contributed by atoms with Gasteiger partial charge in [0.2, 0.25) is 5.91 Å². The van der Waals surface area contributed by atoms with Gasteiger partial charge in [-0.1, -0.05) is 0 Å². The van der Waals surface area contributed by atoms with E-state index in [9.17, 15) is 14.4 Å². The van der Waals surface area contributed by atoms with Gasteiger partial charge in [0.1, 0.15) is 0 Å². The number of carbonyl (C=O) groups is 3. The standard InChI is InChI=1S/C11H20N2O4/c1-8(14)10(13-11(16)17-3)6-4-5-7-12-9(2)15/h10H,4-7H2,1-3H3,(H,12,15)(H,13,16). The number of methoxy groups -OCH3 is 1. The van der Waals surface area contributed by atoms with E-state index in [-0.39, 0.29) is 11.7 Å². The summed E-state index contributed by atoms with van der Waals surface area (Å²) in [6.07, 6.45) is 1.46. The van der Waals surface area contributed by atoms with Crippen LogP contribution >= 0.6 is 0 Å². The van der Waals surface area contributed by atoms with Crippen molar-refractivity contribution in [3.8, 4) is 0 Å². The van der Waals surface area contributed by atoms with Gasteiger partial charge in [-0.3, -0.25) is 9.59 Å². The summed E-state index contributed by atoms with van der Waals surface area (Å²) in [6, 6.07) is -0.514. The van der Waals surface area contributed by atoms with Crippen LogP contribution in [0.2, 0.25) is 0 Å². The number of alkyl carbamates (subject to hydrolysis) is 1. The maximum atomic E-state index is 11.2. The quantitative estimate of drug-likeness (QED) is 0.642. The fraction of sp³-hybridized carbons (Fsp3) is 0.727. The number of ketones is 1. The molecule has 0 rings (SSSR count). The van der Waals surface area contributed by atoms with Crippen LogP contribution in [0.15, 0.2) is 0 Å². The Morgan fingerprint density at radius 2 is 1.82 bits per heavy atom. The third-order valence-corrected chi connectivity index (χ3v) is 2.26. The number of carbonyl (C=O) groups excluding carboxylic acids is 3. The molecule has 2 amide bonds. The molecule has 0 spiro atoms. The van der Waals surface area contributed by atoms with Gasteiger partial charge in [0.25, 0.3) is 0 Å². The molecule has 1 unspecified atom stereocenters. The van der Waals surface area contributed by atoms with E-state index in [1.54, 1.807) is 0 Å². The molecule has 0 aliphatic rings. The Bertz CT molecular complexity index is 279. The fourth-order valence-electron chi connectivity index (χ4n) is 1.32. The van der Waals surface area contributed by atoms with Crippen molar-refractivity contribution in [3.05, 3.63) is 0 Å². The minimum atomic E-state index is -0.605. The summed E-state index contributed by atoms with van der Waals surface area (Å²) < 4.78 is 4.43. The Hall–Kier alpha value is -1.59. The first kappa shape index (κ1) is 15.4. The zero-order valence-corrected chi connectivity index (χ0v) is 10.5. The molecule has 0 aromatic heterocycles. The van der Waals surface area contributed by atoms with Gasteiger partial charge < -0.3 is 15.4 Å². The minimum Gasteiger partial charge on any atom is -0.453 e. The van der Waals surface area contributed by atoms with Crippen molar-refractivity contribution in [1.82, 2.24) is 10.6 Å². The molecular weight excluding hydrogens is 224 g/mol. The third kappa shape index (κ3) is 8.24. The number of rotatable bonds is 7. The van der Waals surface area contributed by atoms with E-state index in [2.05, 4.69) is 15.4 Å². The number of unbranched alkanes of at least 4 members (excludes halogenated alkanes) is 1. The van der Waals surface area contributed by atoms with Crippen LogP contribution in [0.3, 0.4) is 0 Å². The highest BCUT2D eigenvalue weighted by atomic mass is 16.5. The molecule has 2 N–H and O–H groups in total. The molecule has 0 aliphatic carbocycles. The highest BCUT2D eigenvalue weighted by molar-refractivity contribution is 5.85. The van der Waals surface area contributed by atoms with E-state index >= 15 is 0 Å². The van der Waals surface area contributed by atoms with Crippen molar-refractivity contribution in [2.75, 3.05) is 13.7 Å². The van der Waals surface area contributed by atoms with Crippen LogP contribution in [0.1, 0.15) is 33.1 Å². The lowest BCUT2D eigenvalue weighted by molar-refractivity contribution is -0.120. The van der Waals surface area contributed by atoms with Crippen LogP contribution in [-0.2, 0) is 14.3 Å². The number of ether oxygens (including phenoxy) is 1. The predicted molar refractivity (Wildman–Crippen MR) is 62.5 cm³/mol. The van der Waals surface area contributed by atoms with Gasteiger partial charge in [-0.25, -0.2) is 4.79 Å². The van der Waals surface area contributed by atoms with E-state index in [1.807, 2.05) is 0 Å². The van der Waals surface area contributed by atoms with Crippen molar-refractivity contribution in [2.45, 2.75) is 39.2 Å². The molecule has 0 aromatic rings. The van der Waals surface area contributed by atoms with Gasteiger partial charge in [0.05, 0.1) is 13.2 Å². The summed E-state index contributed by atoms with van der Waals surface area (Å²) in [5, 5.41) is 5.13. The maximum Gasteiger partial charge on any atom is 0.407 e. The van der Waals surface area contributed by atoms with Crippen molar-refractivity contribution < 1.29 is 19.1 Å². The first-order chi connectivity index (χ1) is 7.97. The molecule has 0 saturated heterocycles. The largest absolute Gasteiger partial charge is 0.453 e. The first-order valence-electron chi connectivity index (χ1n) is 5.56. The Labute approximate surface area is 101 Å². The van der Waals surface area contributed by atoms with Gasteiger partial charge in [0, 0.05) is 13.5 Å². The third-order valence-electron chi connectivity index (χ3n) is 2.26. The lowest BCUT2D eigenvalue weighted by atomic mass is 10.1. The molecule has 6 heteroatoms. The topological polar surface area (TPSA) is 84.5 Å². The number of nitrogens with one attached hydrogen (secondary N) is 2. The summed E-state index contributed by atoms with van der Waals surface area (Å²) in [6.45, 7) is 3.46. The Kier molecular flexibility index (Phi) is 7.75. The molecule has 0 radical (unpaired) electrons. The Morgan fingerprint density at radius 1 is 1.18 bits per heavy atom. The summed E-state index contributed by atoms with van der Waals surface area (Å²) in [5.41, 5.74) is 0. The van der Waals surface area contributed by atoms with E-state index in [4.69, 9.17) is 0 Å². The van der Waals surface area contributed by atoms with Crippen LogP contribution in [0, 0.1) is 0 Å². The van der Waals surface area contributed by atoms with Gasteiger partial charge >= 0.3 is 6.09 Å². The molecule has 0 fully saturated rings. The number of hydrogen-bond donors (Lipinski definition) is 2. The molecule has 98 valence electrons. The number of Topliss-reactive ketones (excluding diaryl/α,β-unsaturated/α-hetero) is 1. The van der Waals surface area contributed by atoms with Crippen LogP contribution in [0.5, 0.6) is 0 Å². The van der Waals surface area contributed by atoms with Gasteiger partial charge in [0.15, 0.2) is 5.78 Å². The zero-order valence-electron chi connectivity index (χ0n) is 10.5.